The van der Waals surface area contributed by atoms with Crippen molar-refractivity contribution in [2.24, 2.45) is 5.92 Å². The highest BCUT2D eigenvalue weighted by molar-refractivity contribution is 9.10. The summed E-state index contributed by atoms with van der Waals surface area (Å²) in [5.41, 5.74) is 0.645. The van der Waals surface area contributed by atoms with Crippen molar-refractivity contribution in [3.63, 3.8) is 0 Å². The lowest BCUT2D eigenvalue weighted by molar-refractivity contribution is -0.140. The van der Waals surface area contributed by atoms with Gasteiger partial charge in [-0.15, -0.1) is 0 Å². The van der Waals surface area contributed by atoms with Crippen molar-refractivity contribution in [3.8, 4) is 0 Å². The molecule has 98 valence electrons. The number of sulfone groups is 1. The molecule has 0 bridgehead atoms. The topological polar surface area (TPSA) is 71.4 Å². The van der Waals surface area contributed by atoms with Gasteiger partial charge in [0.15, 0.2) is 9.84 Å². The minimum Gasteiger partial charge on any atom is -0.481 e. The number of benzene rings is 1. The third-order valence-electron chi connectivity index (χ3n) is 3.25. The maximum absolute atomic E-state index is 11.5. The van der Waals surface area contributed by atoms with Gasteiger partial charge in [-0.1, -0.05) is 34.1 Å². The zero-order valence-electron chi connectivity index (χ0n) is 9.54. The number of carbonyl (C=O) groups is 1. The lowest BCUT2D eigenvalue weighted by Crippen LogP contribution is -2.23. The van der Waals surface area contributed by atoms with Crippen molar-refractivity contribution in [2.75, 3.05) is 11.5 Å². The van der Waals surface area contributed by atoms with Crippen LogP contribution in [0, 0.1) is 5.92 Å². The molecule has 1 heterocycles. The van der Waals surface area contributed by atoms with E-state index in [4.69, 9.17) is 0 Å². The van der Waals surface area contributed by atoms with Crippen LogP contribution in [-0.2, 0) is 14.6 Å². The highest BCUT2D eigenvalue weighted by Crippen LogP contribution is 2.36. The van der Waals surface area contributed by atoms with E-state index in [0.29, 0.717) is 16.5 Å². The Morgan fingerprint density at radius 1 is 1.39 bits per heavy atom. The molecular formula is C12H13BrO4S. The SMILES string of the molecule is O=C(O)C(c1ccccc1Br)C1CCS(=O)(=O)C1. The second-order valence-corrected chi connectivity index (χ2v) is 7.58. The fourth-order valence-electron chi connectivity index (χ4n) is 2.40. The number of aliphatic carboxylic acids is 1. The molecule has 2 atom stereocenters. The first kappa shape index (κ1) is 13.5. The number of carboxylic acid groups (broad SMARTS) is 1. The average molecular weight is 333 g/mol. The van der Waals surface area contributed by atoms with Gasteiger partial charge in [-0.25, -0.2) is 8.42 Å². The van der Waals surface area contributed by atoms with Crippen molar-refractivity contribution in [1.82, 2.24) is 0 Å². The summed E-state index contributed by atoms with van der Waals surface area (Å²) in [6.07, 6.45) is 0.417. The number of hydrogen-bond donors (Lipinski definition) is 1. The molecule has 1 N–H and O–H groups in total. The lowest BCUT2D eigenvalue weighted by Gasteiger charge is -2.19. The second kappa shape index (κ2) is 5.01. The van der Waals surface area contributed by atoms with Gasteiger partial charge in [-0.05, 0) is 24.0 Å². The van der Waals surface area contributed by atoms with Crippen molar-refractivity contribution >= 4 is 31.7 Å². The van der Waals surface area contributed by atoms with E-state index in [1.165, 1.54) is 0 Å². The number of rotatable bonds is 3. The van der Waals surface area contributed by atoms with E-state index < -0.39 is 21.7 Å². The molecule has 1 aromatic carbocycles. The summed E-state index contributed by atoms with van der Waals surface area (Å²) < 4.78 is 23.7. The summed E-state index contributed by atoms with van der Waals surface area (Å²) >= 11 is 3.33. The zero-order chi connectivity index (χ0) is 13.3. The lowest BCUT2D eigenvalue weighted by atomic mass is 9.86. The Morgan fingerprint density at radius 2 is 2.06 bits per heavy atom. The van der Waals surface area contributed by atoms with Crippen molar-refractivity contribution in [2.45, 2.75) is 12.3 Å². The van der Waals surface area contributed by atoms with Crippen LogP contribution in [0.2, 0.25) is 0 Å². The van der Waals surface area contributed by atoms with Gasteiger partial charge in [0, 0.05) is 4.47 Å². The Morgan fingerprint density at radius 3 is 2.56 bits per heavy atom. The highest BCUT2D eigenvalue weighted by atomic mass is 79.9. The first-order valence-electron chi connectivity index (χ1n) is 5.58. The van der Waals surface area contributed by atoms with Crippen LogP contribution < -0.4 is 0 Å². The largest absolute Gasteiger partial charge is 0.481 e. The molecule has 4 nitrogen and oxygen atoms in total. The van der Waals surface area contributed by atoms with Crippen molar-refractivity contribution < 1.29 is 18.3 Å². The van der Waals surface area contributed by atoms with Crippen LogP contribution in [0.1, 0.15) is 17.9 Å². The van der Waals surface area contributed by atoms with E-state index in [1.54, 1.807) is 24.3 Å². The molecule has 1 saturated heterocycles. The Kier molecular flexibility index (Phi) is 3.77. The van der Waals surface area contributed by atoms with Crippen LogP contribution in [0.5, 0.6) is 0 Å². The minimum atomic E-state index is -3.07. The molecule has 0 saturated carbocycles. The predicted molar refractivity (Wildman–Crippen MR) is 71.3 cm³/mol. The predicted octanol–water partition coefficient (Wildman–Crippen LogP) is 2.05. The van der Waals surface area contributed by atoms with E-state index in [0.717, 1.165) is 0 Å². The first-order chi connectivity index (χ1) is 8.41. The van der Waals surface area contributed by atoms with E-state index in [1.807, 2.05) is 0 Å². The fourth-order valence-corrected chi connectivity index (χ4v) is 4.77. The molecular weight excluding hydrogens is 320 g/mol. The summed E-state index contributed by atoms with van der Waals surface area (Å²) in [4.78, 5) is 11.4. The third-order valence-corrected chi connectivity index (χ3v) is 5.76. The summed E-state index contributed by atoms with van der Waals surface area (Å²) in [7, 11) is -3.07. The molecule has 6 heteroatoms. The smallest absolute Gasteiger partial charge is 0.311 e. The van der Waals surface area contributed by atoms with Gasteiger partial charge in [0.05, 0.1) is 17.4 Å². The Labute approximate surface area is 114 Å². The normalized spacial score (nSPS) is 23.7. The van der Waals surface area contributed by atoms with Crippen LogP contribution in [0.15, 0.2) is 28.7 Å². The van der Waals surface area contributed by atoms with E-state index in [2.05, 4.69) is 15.9 Å². The summed E-state index contributed by atoms with van der Waals surface area (Å²) in [6, 6.07) is 7.07. The fraction of sp³-hybridized carbons (Fsp3) is 0.417. The Hall–Kier alpha value is -0.880. The minimum absolute atomic E-state index is 0.0364. The Bertz CT molecular complexity index is 567. The van der Waals surface area contributed by atoms with Gasteiger partial charge in [-0.3, -0.25) is 4.79 Å². The third kappa shape index (κ3) is 2.75. The van der Waals surface area contributed by atoms with Gasteiger partial charge in [0.2, 0.25) is 0 Å². The van der Waals surface area contributed by atoms with Gasteiger partial charge in [-0.2, -0.15) is 0 Å². The number of halogens is 1. The molecule has 0 spiro atoms. The molecule has 0 amide bonds. The number of hydrogen-bond acceptors (Lipinski definition) is 3. The second-order valence-electron chi connectivity index (χ2n) is 4.50. The summed E-state index contributed by atoms with van der Waals surface area (Å²) in [6.45, 7) is 0. The molecule has 1 aromatic rings. The first-order valence-corrected chi connectivity index (χ1v) is 8.20. The highest BCUT2D eigenvalue weighted by Gasteiger charge is 2.38. The number of carboxylic acids is 1. The molecule has 1 aliphatic rings. The Balaban J connectivity index is 2.36. The summed E-state index contributed by atoms with van der Waals surface area (Å²) in [5.74, 6) is -2.02. The standard InChI is InChI=1S/C12H13BrO4S/c13-10-4-2-1-3-9(10)11(12(14)15)8-5-6-18(16,17)7-8/h1-4,8,11H,5-7H2,(H,14,15). The van der Waals surface area contributed by atoms with Gasteiger partial charge in [0.25, 0.3) is 0 Å². The van der Waals surface area contributed by atoms with E-state index in [-0.39, 0.29) is 17.4 Å². The van der Waals surface area contributed by atoms with Gasteiger partial charge in [0.1, 0.15) is 0 Å². The molecule has 18 heavy (non-hydrogen) atoms. The van der Waals surface area contributed by atoms with Crippen LogP contribution in [0.4, 0.5) is 0 Å². The van der Waals surface area contributed by atoms with Crippen molar-refractivity contribution in [3.05, 3.63) is 34.3 Å². The van der Waals surface area contributed by atoms with Gasteiger partial charge >= 0.3 is 5.97 Å². The van der Waals surface area contributed by atoms with Crippen LogP contribution >= 0.6 is 15.9 Å². The maximum atomic E-state index is 11.5. The maximum Gasteiger partial charge on any atom is 0.311 e. The zero-order valence-corrected chi connectivity index (χ0v) is 11.9. The molecule has 0 aromatic heterocycles. The monoisotopic (exact) mass is 332 g/mol. The van der Waals surface area contributed by atoms with E-state index in [9.17, 15) is 18.3 Å². The van der Waals surface area contributed by atoms with Crippen LogP contribution in [0.3, 0.4) is 0 Å². The molecule has 0 aliphatic carbocycles. The van der Waals surface area contributed by atoms with Crippen molar-refractivity contribution in [1.29, 1.82) is 0 Å². The molecule has 2 unspecified atom stereocenters. The van der Waals surface area contributed by atoms with E-state index >= 15 is 0 Å². The molecule has 0 radical (unpaired) electrons. The van der Waals surface area contributed by atoms with Crippen LogP contribution in [0.25, 0.3) is 0 Å². The average Bonchev–Trinajstić information content (AvgIpc) is 2.61. The van der Waals surface area contributed by atoms with Gasteiger partial charge < -0.3 is 5.11 Å². The summed E-state index contributed by atoms with van der Waals surface area (Å²) in [5, 5.41) is 9.37. The molecule has 2 rings (SSSR count). The molecule has 1 fully saturated rings. The molecule has 1 aliphatic heterocycles. The quantitative estimate of drug-likeness (QED) is 0.919. The van der Waals surface area contributed by atoms with Crippen LogP contribution in [-0.4, -0.2) is 31.0 Å².